The van der Waals surface area contributed by atoms with Gasteiger partial charge in [-0.05, 0) is 24.7 Å². The molecular formula is C8H14O. The van der Waals surface area contributed by atoms with E-state index < -0.39 is 0 Å². The normalized spacial score (nSPS) is 46.0. The first-order valence-corrected chi connectivity index (χ1v) is 3.83. The summed E-state index contributed by atoms with van der Waals surface area (Å²) < 4.78 is 5.41. The maximum absolute atomic E-state index is 5.41. The Labute approximate surface area is 56.4 Å². The Morgan fingerprint density at radius 2 is 2.11 bits per heavy atom. The van der Waals surface area contributed by atoms with Crippen molar-refractivity contribution in [3.05, 3.63) is 0 Å². The highest BCUT2D eigenvalue weighted by molar-refractivity contribution is 4.95. The summed E-state index contributed by atoms with van der Waals surface area (Å²) in [6, 6.07) is 0. The van der Waals surface area contributed by atoms with Crippen LogP contribution < -0.4 is 0 Å². The molecule has 0 aromatic carbocycles. The maximum atomic E-state index is 5.41. The van der Waals surface area contributed by atoms with Crippen LogP contribution in [0.1, 0.15) is 33.1 Å². The zero-order chi connectivity index (χ0) is 6.48. The van der Waals surface area contributed by atoms with E-state index in [4.69, 9.17) is 4.74 Å². The number of epoxide rings is 1. The molecule has 2 aliphatic rings. The summed E-state index contributed by atoms with van der Waals surface area (Å²) in [4.78, 5) is 0. The second-order valence-corrected chi connectivity index (χ2v) is 4.12. The lowest BCUT2D eigenvalue weighted by atomic mass is 9.78. The summed E-state index contributed by atoms with van der Waals surface area (Å²) >= 11 is 0. The Morgan fingerprint density at radius 3 is 2.67 bits per heavy atom. The number of ether oxygens (including phenoxy) is 1. The molecule has 0 bridgehead atoms. The average molecular weight is 126 g/mol. The van der Waals surface area contributed by atoms with E-state index in [-0.39, 0.29) is 0 Å². The highest BCUT2D eigenvalue weighted by Gasteiger charge is 2.46. The summed E-state index contributed by atoms with van der Waals surface area (Å²) in [5.41, 5.74) is 0.567. The van der Waals surface area contributed by atoms with Gasteiger partial charge < -0.3 is 4.74 Å². The molecule has 2 unspecified atom stereocenters. The van der Waals surface area contributed by atoms with Crippen LogP contribution in [0.3, 0.4) is 0 Å². The SMILES string of the molecule is CC1(C)CCC2OC2C1. The molecule has 0 aromatic heterocycles. The Bertz CT molecular complexity index is 129. The van der Waals surface area contributed by atoms with Gasteiger partial charge in [0, 0.05) is 0 Å². The van der Waals surface area contributed by atoms with Crippen LogP contribution in [-0.2, 0) is 4.74 Å². The quantitative estimate of drug-likeness (QED) is 0.452. The highest BCUT2D eigenvalue weighted by Crippen LogP contribution is 2.45. The largest absolute Gasteiger partial charge is 0.370 e. The topological polar surface area (TPSA) is 12.5 Å². The third-order valence-corrected chi connectivity index (χ3v) is 2.55. The predicted octanol–water partition coefficient (Wildman–Crippen LogP) is 1.96. The highest BCUT2D eigenvalue weighted by atomic mass is 16.6. The summed E-state index contributed by atoms with van der Waals surface area (Å²) in [6.07, 6.45) is 5.26. The molecule has 1 saturated heterocycles. The first kappa shape index (κ1) is 5.72. The van der Waals surface area contributed by atoms with Gasteiger partial charge in [0.25, 0.3) is 0 Å². The number of fused-ring (bicyclic) bond motifs is 1. The van der Waals surface area contributed by atoms with Gasteiger partial charge >= 0.3 is 0 Å². The van der Waals surface area contributed by atoms with Gasteiger partial charge in [-0.3, -0.25) is 0 Å². The molecular weight excluding hydrogens is 112 g/mol. The van der Waals surface area contributed by atoms with E-state index >= 15 is 0 Å². The fourth-order valence-electron chi connectivity index (χ4n) is 1.79. The van der Waals surface area contributed by atoms with Crippen molar-refractivity contribution >= 4 is 0 Å². The van der Waals surface area contributed by atoms with Gasteiger partial charge in [-0.1, -0.05) is 13.8 Å². The molecule has 0 radical (unpaired) electrons. The van der Waals surface area contributed by atoms with Gasteiger partial charge in [0.05, 0.1) is 12.2 Å². The zero-order valence-electron chi connectivity index (χ0n) is 6.18. The minimum absolute atomic E-state index is 0.567. The smallest absolute Gasteiger partial charge is 0.0847 e. The lowest BCUT2D eigenvalue weighted by Gasteiger charge is -2.26. The molecule has 2 rings (SSSR count). The first-order valence-electron chi connectivity index (χ1n) is 3.83. The van der Waals surface area contributed by atoms with Crippen molar-refractivity contribution in [1.82, 2.24) is 0 Å². The summed E-state index contributed by atoms with van der Waals surface area (Å²) in [6.45, 7) is 4.68. The van der Waals surface area contributed by atoms with Crippen molar-refractivity contribution in [2.24, 2.45) is 5.41 Å². The van der Waals surface area contributed by atoms with Crippen molar-refractivity contribution in [2.75, 3.05) is 0 Å². The zero-order valence-corrected chi connectivity index (χ0v) is 6.18. The molecule has 0 amide bonds. The fourth-order valence-corrected chi connectivity index (χ4v) is 1.79. The molecule has 9 heavy (non-hydrogen) atoms. The van der Waals surface area contributed by atoms with Gasteiger partial charge in [-0.25, -0.2) is 0 Å². The van der Waals surface area contributed by atoms with Crippen LogP contribution in [0.15, 0.2) is 0 Å². The van der Waals surface area contributed by atoms with E-state index in [0.717, 1.165) is 0 Å². The molecule has 2 fully saturated rings. The second kappa shape index (κ2) is 1.51. The molecule has 1 saturated carbocycles. The molecule has 2 atom stereocenters. The van der Waals surface area contributed by atoms with E-state index in [1.54, 1.807) is 0 Å². The number of hydrogen-bond donors (Lipinski definition) is 0. The molecule has 1 heterocycles. The van der Waals surface area contributed by atoms with E-state index in [1.807, 2.05) is 0 Å². The molecule has 0 aromatic rings. The molecule has 1 heteroatoms. The van der Waals surface area contributed by atoms with Crippen molar-refractivity contribution in [3.8, 4) is 0 Å². The number of hydrogen-bond acceptors (Lipinski definition) is 1. The fraction of sp³-hybridized carbons (Fsp3) is 1.00. The van der Waals surface area contributed by atoms with E-state index in [1.165, 1.54) is 19.3 Å². The van der Waals surface area contributed by atoms with Gasteiger partial charge in [-0.15, -0.1) is 0 Å². The number of rotatable bonds is 0. The van der Waals surface area contributed by atoms with Crippen molar-refractivity contribution in [3.63, 3.8) is 0 Å². The molecule has 1 aliphatic heterocycles. The average Bonchev–Trinajstić information content (AvgIpc) is 2.41. The standard InChI is InChI=1S/C8H14O/c1-8(2)4-3-6-7(5-8)9-6/h6-7H,3-5H2,1-2H3. The monoisotopic (exact) mass is 126 g/mol. The molecule has 1 nitrogen and oxygen atoms in total. The third-order valence-electron chi connectivity index (χ3n) is 2.55. The summed E-state index contributed by atoms with van der Waals surface area (Å²) in [5.74, 6) is 0. The van der Waals surface area contributed by atoms with Crippen LogP contribution >= 0.6 is 0 Å². The van der Waals surface area contributed by atoms with E-state index in [2.05, 4.69) is 13.8 Å². The Balaban J connectivity index is 2.01. The molecule has 0 N–H and O–H groups in total. The predicted molar refractivity (Wildman–Crippen MR) is 36.3 cm³/mol. The third kappa shape index (κ3) is 0.983. The van der Waals surface area contributed by atoms with Crippen LogP contribution in [0.5, 0.6) is 0 Å². The van der Waals surface area contributed by atoms with Gasteiger partial charge in [0.2, 0.25) is 0 Å². The van der Waals surface area contributed by atoms with Gasteiger partial charge in [0.1, 0.15) is 0 Å². The Hall–Kier alpha value is -0.0400. The molecule has 52 valence electrons. The van der Waals surface area contributed by atoms with Crippen LogP contribution in [0.2, 0.25) is 0 Å². The van der Waals surface area contributed by atoms with E-state index in [0.29, 0.717) is 17.6 Å². The Morgan fingerprint density at radius 1 is 1.33 bits per heavy atom. The minimum atomic E-state index is 0.567. The first-order chi connectivity index (χ1) is 4.17. The van der Waals surface area contributed by atoms with Crippen molar-refractivity contribution in [2.45, 2.75) is 45.3 Å². The van der Waals surface area contributed by atoms with Gasteiger partial charge in [-0.2, -0.15) is 0 Å². The molecule has 1 aliphatic carbocycles. The van der Waals surface area contributed by atoms with E-state index in [9.17, 15) is 0 Å². The summed E-state index contributed by atoms with van der Waals surface area (Å²) in [7, 11) is 0. The van der Waals surface area contributed by atoms with Crippen molar-refractivity contribution in [1.29, 1.82) is 0 Å². The summed E-state index contributed by atoms with van der Waals surface area (Å²) in [5, 5.41) is 0. The van der Waals surface area contributed by atoms with Gasteiger partial charge in [0.15, 0.2) is 0 Å². The molecule has 0 spiro atoms. The van der Waals surface area contributed by atoms with Crippen molar-refractivity contribution < 1.29 is 4.74 Å². The van der Waals surface area contributed by atoms with Crippen LogP contribution in [-0.4, -0.2) is 12.2 Å². The van der Waals surface area contributed by atoms with Crippen LogP contribution in [0.4, 0.5) is 0 Å². The lowest BCUT2D eigenvalue weighted by Crippen LogP contribution is -2.20. The lowest BCUT2D eigenvalue weighted by molar-refractivity contribution is 0.264. The minimum Gasteiger partial charge on any atom is -0.370 e. The van der Waals surface area contributed by atoms with Crippen LogP contribution in [0.25, 0.3) is 0 Å². The van der Waals surface area contributed by atoms with Crippen LogP contribution in [0, 0.1) is 5.41 Å². The second-order valence-electron chi connectivity index (χ2n) is 4.12. The Kier molecular flexibility index (Phi) is 0.963. The maximum Gasteiger partial charge on any atom is 0.0847 e.